The van der Waals surface area contributed by atoms with Gasteiger partial charge in [-0.2, -0.15) is 0 Å². The van der Waals surface area contributed by atoms with E-state index in [2.05, 4.69) is 4.98 Å². The van der Waals surface area contributed by atoms with Crippen LogP contribution < -0.4 is 4.74 Å². The molecular formula is C13H9ClFNO3. The van der Waals surface area contributed by atoms with Crippen molar-refractivity contribution in [2.24, 2.45) is 0 Å². The number of carboxylic acid groups (broad SMARTS) is 1. The van der Waals surface area contributed by atoms with Crippen LogP contribution in [0, 0.1) is 5.82 Å². The van der Waals surface area contributed by atoms with Crippen molar-refractivity contribution >= 4 is 17.6 Å². The maximum absolute atomic E-state index is 13.2. The highest BCUT2D eigenvalue weighted by Gasteiger charge is 2.08. The number of nitrogens with zero attached hydrogens (tertiary/aromatic N) is 1. The molecule has 0 saturated heterocycles. The quantitative estimate of drug-likeness (QED) is 0.935. The van der Waals surface area contributed by atoms with Crippen LogP contribution >= 0.6 is 11.6 Å². The summed E-state index contributed by atoms with van der Waals surface area (Å²) in [6.45, 7) is 0.0291. The van der Waals surface area contributed by atoms with E-state index in [0.29, 0.717) is 5.56 Å². The van der Waals surface area contributed by atoms with E-state index >= 15 is 0 Å². The van der Waals surface area contributed by atoms with Crippen molar-refractivity contribution in [2.45, 2.75) is 6.61 Å². The van der Waals surface area contributed by atoms with E-state index in [-0.39, 0.29) is 22.9 Å². The van der Waals surface area contributed by atoms with Gasteiger partial charge in [-0.15, -0.1) is 0 Å². The van der Waals surface area contributed by atoms with Crippen LogP contribution in [-0.2, 0) is 6.61 Å². The van der Waals surface area contributed by atoms with Crippen LogP contribution in [0.2, 0.25) is 5.02 Å². The van der Waals surface area contributed by atoms with E-state index in [1.807, 2.05) is 0 Å². The fourth-order valence-electron chi connectivity index (χ4n) is 1.44. The highest BCUT2D eigenvalue weighted by atomic mass is 35.5. The largest absolute Gasteiger partial charge is 0.487 e. The molecule has 1 aromatic carbocycles. The van der Waals surface area contributed by atoms with Gasteiger partial charge in [0.05, 0.1) is 16.8 Å². The fraction of sp³-hybridized carbons (Fsp3) is 0.0769. The number of rotatable bonds is 4. The molecule has 98 valence electrons. The monoisotopic (exact) mass is 281 g/mol. The molecule has 1 heterocycles. The zero-order chi connectivity index (χ0) is 13.8. The Morgan fingerprint density at radius 3 is 2.95 bits per heavy atom. The third kappa shape index (κ3) is 3.20. The smallest absolute Gasteiger partial charge is 0.337 e. The Morgan fingerprint density at radius 1 is 1.42 bits per heavy atom. The minimum atomic E-state index is -1.10. The molecule has 2 rings (SSSR count). The first-order chi connectivity index (χ1) is 9.08. The number of halogens is 2. The number of carbonyl (C=O) groups is 1. The average Bonchev–Trinajstić information content (AvgIpc) is 2.41. The van der Waals surface area contributed by atoms with Gasteiger partial charge in [-0.25, -0.2) is 9.18 Å². The lowest BCUT2D eigenvalue weighted by molar-refractivity contribution is 0.0696. The fourth-order valence-corrected chi connectivity index (χ4v) is 1.62. The number of aromatic nitrogens is 1. The summed E-state index contributed by atoms with van der Waals surface area (Å²) >= 11 is 5.78. The summed E-state index contributed by atoms with van der Waals surface area (Å²) in [7, 11) is 0. The topological polar surface area (TPSA) is 59.4 Å². The predicted octanol–water partition coefficient (Wildman–Crippen LogP) is 3.15. The number of hydrogen-bond donors (Lipinski definition) is 1. The molecule has 0 amide bonds. The number of aromatic carboxylic acids is 1. The summed E-state index contributed by atoms with van der Waals surface area (Å²) in [4.78, 5) is 14.5. The molecule has 19 heavy (non-hydrogen) atoms. The summed E-state index contributed by atoms with van der Waals surface area (Å²) in [5, 5.41) is 8.80. The Balaban J connectivity index is 2.12. The third-order valence-electron chi connectivity index (χ3n) is 2.39. The Hall–Kier alpha value is -2.14. The SMILES string of the molecule is O=C(O)c1cncc(OCc2cccc(F)c2Cl)c1. The molecule has 4 nitrogen and oxygen atoms in total. The van der Waals surface area contributed by atoms with Crippen LogP contribution in [0.25, 0.3) is 0 Å². The Labute approximate surface area is 113 Å². The van der Waals surface area contributed by atoms with E-state index in [1.165, 1.54) is 30.6 Å². The standard InChI is InChI=1S/C13H9ClFNO3/c14-12-8(2-1-3-11(12)15)7-19-10-4-9(13(17)18)5-16-6-10/h1-6H,7H2,(H,17,18). The molecule has 2 aromatic rings. The van der Waals surface area contributed by atoms with Crippen LogP contribution in [0.4, 0.5) is 4.39 Å². The van der Waals surface area contributed by atoms with Gasteiger partial charge in [-0.1, -0.05) is 23.7 Å². The van der Waals surface area contributed by atoms with Crippen LogP contribution in [0.15, 0.2) is 36.7 Å². The molecule has 1 aromatic heterocycles. The predicted molar refractivity (Wildman–Crippen MR) is 66.9 cm³/mol. The van der Waals surface area contributed by atoms with Crippen molar-refractivity contribution in [2.75, 3.05) is 0 Å². The zero-order valence-corrected chi connectivity index (χ0v) is 10.4. The van der Waals surface area contributed by atoms with E-state index in [4.69, 9.17) is 21.4 Å². The molecule has 0 atom stereocenters. The molecule has 1 N–H and O–H groups in total. The summed E-state index contributed by atoms with van der Waals surface area (Å²) in [5.41, 5.74) is 0.491. The minimum absolute atomic E-state index is 0.00940. The van der Waals surface area contributed by atoms with Gasteiger partial charge in [-0.05, 0) is 12.1 Å². The van der Waals surface area contributed by atoms with Crippen LogP contribution in [0.5, 0.6) is 5.75 Å². The van der Waals surface area contributed by atoms with Gasteiger partial charge in [0, 0.05) is 11.8 Å². The van der Waals surface area contributed by atoms with E-state index < -0.39 is 11.8 Å². The lowest BCUT2D eigenvalue weighted by Crippen LogP contribution is -2.01. The van der Waals surface area contributed by atoms with Crippen LogP contribution in [-0.4, -0.2) is 16.1 Å². The molecule has 0 fully saturated rings. The second-order valence-electron chi connectivity index (χ2n) is 3.72. The molecule has 0 aliphatic rings. The van der Waals surface area contributed by atoms with Crippen molar-refractivity contribution in [1.82, 2.24) is 4.98 Å². The van der Waals surface area contributed by atoms with Gasteiger partial charge in [0.25, 0.3) is 0 Å². The first kappa shape index (κ1) is 13.3. The third-order valence-corrected chi connectivity index (χ3v) is 2.81. The number of ether oxygens (including phenoxy) is 1. The summed E-state index contributed by atoms with van der Waals surface area (Å²) in [5.74, 6) is -1.35. The van der Waals surface area contributed by atoms with Gasteiger partial charge in [0.1, 0.15) is 18.2 Å². The first-order valence-corrected chi connectivity index (χ1v) is 5.70. The van der Waals surface area contributed by atoms with Gasteiger partial charge in [0.2, 0.25) is 0 Å². The maximum Gasteiger partial charge on any atom is 0.337 e. The van der Waals surface area contributed by atoms with Gasteiger partial charge >= 0.3 is 5.97 Å². The van der Waals surface area contributed by atoms with Crippen molar-refractivity contribution in [3.63, 3.8) is 0 Å². The number of carboxylic acids is 1. The highest BCUT2D eigenvalue weighted by molar-refractivity contribution is 6.31. The van der Waals surface area contributed by atoms with Crippen molar-refractivity contribution in [3.8, 4) is 5.75 Å². The minimum Gasteiger partial charge on any atom is -0.487 e. The maximum atomic E-state index is 13.2. The average molecular weight is 282 g/mol. The normalized spacial score (nSPS) is 10.2. The Bertz CT molecular complexity index is 619. The summed E-state index contributed by atoms with van der Waals surface area (Å²) in [6.07, 6.45) is 2.59. The molecule has 0 spiro atoms. The zero-order valence-electron chi connectivity index (χ0n) is 9.64. The van der Waals surface area contributed by atoms with Crippen molar-refractivity contribution in [3.05, 3.63) is 58.6 Å². The first-order valence-electron chi connectivity index (χ1n) is 5.32. The lowest BCUT2D eigenvalue weighted by Gasteiger charge is -2.08. The van der Waals surface area contributed by atoms with Crippen LogP contribution in [0.1, 0.15) is 15.9 Å². The molecule has 0 saturated carbocycles. The summed E-state index contributed by atoms with van der Waals surface area (Å²) in [6, 6.07) is 5.73. The Morgan fingerprint density at radius 2 is 2.21 bits per heavy atom. The van der Waals surface area contributed by atoms with Gasteiger partial charge < -0.3 is 9.84 Å². The van der Waals surface area contributed by atoms with E-state index in [9.17, 15) is 9.18 Å². The second-order valence-corrected chi connectivity index (χ2v) is 4.09. The molecule has 0 aliphatic carbocycles. The highest BCUT2D eigenvalue weighted by Crippen LogP contribution is 2.21. The molecular weight excluding hydrogens is 273 g/mol. The van der Waals surface area contributed by atoms with Crippen molar-refractivity contribution in [1.29, 1.82) is 0 Å². The van der Waals surface area contributed by atoms with Gasteiger partial charge in [-0.3, -0.25) is 4.98 Å². The summed E-state index contributed by atoms with van der Waals surface area (Å²) < 4.78 is 18.5. The van der Waals surface area contributed by atoms with E-state index in [1.54, 1.807) is 6.07 Å². The molecule has 0 aliphatic heterocycles. The van der Waals surface area contributed by atoms with Crippen molar-refractivity contribution < 1.29 is 19.0 Å². The number of pyridine rings is 1. The number of benzene rings is 1. The van der Waals surface area contributed by atoms with Gasteiger partial charge in [0.15, 0.2) is 0 Å². The van der Waals surface area contributed by atoms with E-state index in [0.717, 1.165) is 0 Å². The number of hydrogen-bond acceptors (Lipinski definition) is 3. The second kappa shape index (κ2) is 5.67. The molecule has 0 unspecified atom stereocenters. The lowest BCUT2D eigenvalue weighted by atomic mass is 10.2. The molecule has 6 heteroatoms. The molecule has 0 bridgehead atoms. The Kier molecular flexibility index (Phi) is 3.97. The molecule has 0 radical (unpaired) electrons. The van der Waals surface area contributed by atoms with Crippen LogP contribution in [0.3, 0.4) is 0 Å².